The van der Waals surface area contributed by atoms with Gasteiger partial charge in [0.1, 0.15) is 5.15 Å². The lowest BCUT2D eigenvalue weighted by molar-refractivity contribution is 0.637. The molecule has 0 saturated carbocycles. The summed E-state index contributed by atoms with van der Waals surface area (Å²) in [7, 11) is 0. The molecule has 4 heteroatoms. The number of fused-ring (bicyclic) bond motifs is 1. The normalized spacial score (nSPS) is 18.5. The Bertz CT molecular complexity index is 554. The number of nitrogens with zero attached hydrogens (tertiary/aromatic N) is 1. The summed E-state index contributed by atoms with van der Waals surface area (Å²) in [6.07, 6.45) is 2.84. The van der Waals surface area contributed by atoms with Crippen molar-refractivity contribution in [3.8, 4) is 0 Å². The molecule has 0 amide bonds. The van der Waals surface area contributed by atoms with Crippen molar-refractivity contribution < 1.29 is 0 Å². The van der Waals surface area contributed by atoms with Gasteiger partial charge in [-0.3, -0.25) is 0 Å². The fourth-order valence-electron chi connectivity index (χ4n) is 2.47. The maximum atomic E-state index is 5.81. The minimum atomic E-state index is 0.314. The molecule has 1 unspecified atom stereocenters. The van der Waals surface area contributed by atoms with Crippen molar-refractivity contribution in [2.75, 3.05) is 11.9 Å². The van der Waals surface area contributed by atoms with Crippen molar-refractivity contribution in [3.63, 3.8) is 0 Å². The van der Waals surface area contributed by atoms with Crippen molar-refractivity contribution in [2.45, 2.75) is 19.0 Å². The average molecular weight is 274 g/mol. The van der Waals surface area contributed by atoms with Crippen LogP contribution in [0.4, 0.5) is 5.69 Å². The lowest BCUT2D eigenvalue weighted by atomic mass is 9.99. The van der Waals surface area contributed by atoms with Crippen LogP contribution in [0.3, 0.4) is 0 Å². The third-order valence-electron chi connectivity index (χ3n) is 3.42. The molecule has 0 bridgehead atoms. The van der Waals surface area contributed by atoms with Crippen LogP contribution in [-0.2, 0) is 6.54 Å². The lowest BCUT2D eigenvalue weighted by Crippen LogP contribution is -2.15. The topological polar surface area (TPSA) is 37.0 Å². The molecular weight excluding hydrogens is 258 g/mol. The Labute approximate surface area is 118 Å². The zero-order chi connectivity index (χ0) is 13.1. The molecule has 3 nitrogen and oxygen atoms in total. The lowest BCUT2D eigenvalue weighted by Gasteiger charge is -2.20. The van der Waals surface area contributed by atoms with Gasteiger partial charge in [-0.25, -0.2) is 4.98 Å². The Morgan fingerprint density at radius 2 is 2.11 bits per heavy atom. The van der Waals surface area contributed by atoms with Gasteiger partial charge in [-0.15, -0.1) is 0 Å². The molecular formula is C15H16ClN3. The van der Waals surface area contributed by atoms with E-state index in [1.54, 1.807) is 6.20 Å². The molecule has 19 heavy (non-hydrogen) atoms. The summed E-state index contributed by atoms with van der Waals surface area (Å²) < 4.78 is 0. The molecule has 2 aromatic rings. The van der Waals surface area contributed by atoms with Crippen LogP contribution in [-0.4, -0.2) is 11.5 Å². The highest BCUT2D eigenvalue weighted by Gasteiger charge is 2.17. The molecule has 2 heterocycles. The summed E-state index contributed by atoms with van der Waals surface area (Å²) in [4.78, 5) is 4.11. The fraction of sp³-hybridized carbons (Fsp3) is 0.267. The first-order valence-electron chi connectivity index (χ1n) is 6.49. The Hall–Kier alpha value is -1.58. The van der Waals surface area contributed by atoms with E-state index in [1.807, 2.05) is 12.1 Å². The Morgan fingerprint density at radius 1 is 1.21 bits per heavy atom. The number of benzene rings is 1. The molecule has 0 radical (unpaired) electrons. The summed E-state index contributed by atoms with van der Waals surface area (Å²) >= 11 is 5.81. The fourth-order valence-corrected chi connectivity index (χ4v) is 2.58. The molecule has 0 aliphatic carbocycles. The van der Waals surface area contributed by atoms with Crippen LogP contribution in [0.15, 0.2) is 42.6 Å². The first-order chi connectivity index (χ1) is 9.33. The molecule has 0 spiro atoms. The van der Waals surface area contributed by atoms with Gasteiger partial charge < -0.3 is 10.6 Å². The predicted molar refractivity (Wildman–Crippen MR) is 78.4 cm³/mol. The van der Waals surface area contributed by atoms with Crippen molar-refractivity contribution in [1.29, 1.82) is 0 Å². The number of hydrogen-bond donors (Lipinski definition) is 2. The molecule has 2 N–H and O–H groups in total. The molecule has 1 aromatic carbocycles. The minimum absolute atomic E-state index is 0.314. The number of aromatic nitrogens is 1. The summed E-state index contributed by atoms with van der Waals surface area (Å²) in [6.45, 7) is 1.95. The Kier molecular flexibility index (Phi) is 3.67. The van der Waals surface area contributed by atoms with Gasteiger partial charge in [0, 0.05) is 6.54 Å². The van der Waals surface area contributed by atoms with Gasteiger partial charge in [-0.2, -0.15) is 0 Å². The second-order valence-corrected chi connectivity index (χ2v) is 5.12. The zero-order valence-corrected chi connectivity index (χ0v) is 11.3. The SMILES string of the molecule is Clc1ccc(NC2CCNCc3ccccc32)cn1. The van der Waals surface area contributed by atoms with Gasteiger partial charge in [0.25, 0.3) is 0 Å². The quantitative estimate of drug-likeness (QED) is 0.824. The highest BCUT2D eigenvalue weighted by Crippen LogP contribution is 2.27. The first kappa shape index (κ1) is 12.5. The molecule has 1 aliphatic heterocycles. The Morgan fingerprint density at radius 3 is 2.95 bits per heavy atom. The molecule has 0 fully saturated rings. The van der Waals surface area contributed by atoms with E-state index >= 15 is 0 Å². The summed E-state index contributed by atoms with van der Waals surface area (Å²) in [5.74, 6) is 0. The maximum absolute atomic E-state index is 5.81. The van der Waals surface area contributed by atoms with Gasteiger partial charge in [0.2, 0.25) is 0 Å². The van der Waals surface area contributed by atoms with E-state index in [1.165, 1.54) is 11.1 Å². The minimum Gasteiger partial charge on any atom is -0.377 e. The van der Waals surface area contributed by atoms with Crippen LogP contribution in [0.1, 0.15) is 23.6 Å². The van der Waals surface area contributed by atoms with Crippen LogP contribution in [0, 0.1) is 0 Å². The van der Waals surface area contributed by atoms with Gasteiger partial charge in [0.05, 0.1) is 17.9 Å². The second-order valence-electron chi connectivity index (χ2n) is 4.73. The summed E-state index contributed by atoms with van der Waals surface area (Å²) in [5, 5.41) is 7.52. The summed E-state index contributed by atoms with van der Waals surface area (Å²) in [5.41, 5.74) is 3.73. The van der Waals surface area contributed by atoms with Crippen LogP contribution in [0.25, 0.3) is 0 Å². The molecule has 98 valence electrons. The largest absolute Gasteiger partial charge is 0.377 e. The van der Waals surface area contributed by atoms with Crippen LogP contribution >= 0.6 is 11.6 Å². The van der Waals surface area contributed by atoms with Crippen LogP contribution in [0.2, 0.25) is 5.15 Å². The van der Waals surface area contributed by atoms with Gasteiger partial charge in [-0.05, 0) is 36.2 Å². The predicted octanol–water partition coefficient (Wildman–Crippen LogP) is 3.38. The standard InChI is InChI=1S/C15H16ClN3/c16-15-6-5-12(10-18-15)19-14-7-8-17-9-11-3-1-2-4-13(11)14/h1-6,10,14,17,19H,7-9H2. The highest BCUT2D eigenvalue weighted by molar-refractivity contribution is 6.29. The van der Waals surface area contributed by atoms with E-state index in [4.69, 9.17) is 11.6 Å². The van der Waals surface area contributed by atoms with Crippen molar-refractivity contribution in [3.05, 3.63) is 58.9 Å². The molecule has 1 atom stereocenters. The number of nitrogens with one attached hydrogen (secondary N) is 2. The molecule has 3 rings (SSSR count). The molecule has 1 aliphatic rings. The van der Waals surface area contributed by atoms with E-state index in [-0.39, 0.29) is 0 Å². The third-order valence-corrected chi connectivity index (χ3v) is 3.65. The number of pyridine rings is 1. The van der Waals surface area contributed by atoms with Crippen LogP contribution < -0.4 is 10.6 Å². The highest BCUT2D eigenvalue weighted by atomic mass is 35.5. The average Bonchev–Trinajstić information content (AvgIpc) is 2.64. The van der Waals surface area contributed by atoms with E-state index in [9.17, 15) is 0 Å². The van der Waals surface area contributed by atoms with Crippen molar-refractivity contribution >= 4 is 17.3 Å². The smallest absolute Gasteiger partial charge is 0.129 e. The third kappa shape index (κ3) is 2.88. The first-order valence-corrected chi connectivity index (χ1v) is 6.87. The van der Waals surface area contributed by atoms with Crippen LogP contribution in [0.5, 0.6) is 0 Å². The Balaban J connectivity index is 1.86. The number of rotatable bonds is 2. The van der Waals surface area contributed by atoms with Gasteiger partial charge in [-0.1, -0.05) is 35.9 Å². The van der Waals surface area contributed by atoms with Gasteiger partial charge >= 0.3 is 0 Å². The maximum Gasteiger partial charge on any atom is 0.129 e. The van der Waals surface area contributed by atoms with E-state index in [0.29, 0.717) is 11.2 Å². The van der Waals surface area contributed by atoms with E-state index in [0.717, 1.165) is 25.2 Å². The number of halogens is 1. The zero-order valence-electron chi connectivity index (χ0n) is 10.6. The van der Waals surface area contributed by atoms with Gasteiger partial charge in [0.15, 0.2) is 0 Å². The van der Waals surface area contributed by atoms with Crippen molar-refractivity contribution in [1.82, 2.24) is 10.3 Å². The second kappa shape index (κ2) is 5.59. The monoisotopic (exact) mass is 273 g/mol. The van der Waals surface area contributed by atoms with Crippen molar-refractivity contribution in [2.24, 2.45) is 0 Å². The number of anilines is 1. The van der Waals surface area contributed by atoms with E-state index < -0.39 is 0 Å². The van der Waals surface area contributed by atoms with E-state index in [2.05, 4.69) is 39.9 Å². The number of hydrogen-bond acceptors (Lipinski definition) is 3. The molecule has 1 aromatic heterocycles. The summed E-state index contributed by atoms with van der Waals surface area (Å²) in [6, 6.07) is 12.7. The molecule has 0 saturated heterocycles.